The van der Waals surface area contributed by atoms with Gasteiger partial charge >= 0.3 is 0 Å². The maximum absolute atomic E-state index is 13.2. The van der Waals surface area contributed by atoms with Crippen molar-refractivity contribution in [1.29, 1.82) is 0 Å². The minimum atomic E-state index is -0.169. The Hall–Kier alpha value is -1.78. The van der Waals surface area contributed by atoms with Crippen LogP contribution in [0.25, 0.3) is 11.1 Å². The molecule has 0 spiro atoms. The van der Waals surface area contributed by atoms with Gasteiger partial charge in [-0.1, -0.05) is 41.4 Å². The van der Waals surface area contributed by atoms with Crippen molar-refractivity contribution >= 4 is 52.5 Å². The molecule has 0 unspecified atom stereocenters. The van der Waals surface area contributed by atoms with E-state index in [-0.39, 0.29) is 18.2 Å². The standard InChI is InChI=1S/C20H16Cl2N2O.ClH/c21-15-4-3-5-16(22)19(15)20(25)18-12-14(13-7-9-23-10-8-13)17-6-1-2-11-24(17)18;/h1-7,11-12,23H,8-10H2;1H. The molecule has 3 nitrogen and oxygen atoms in total. The molecule has 0 saturated heterocycles. The molecule has 134 valence electrons. The van der Waals surface area contributed by atoms with Crippen molar-refractivity contribution in [2.24, 2.45) is 0 Å². The summed E-state index contributed by atoms with van der Waals surface area (Å²) < 4.78 is 1.92. The Morgan fingerprint density at radius 3 is 2.54 bits per heavy atom. The Balaban J connectivity index is 0.00000196. The van der Waals surface area contributed by atoms with E-state index in [1.165, 1.54) is 5.57 Å². The van der Waals surface area contributed by atoms with Crippen molar-refractivity contribution in [2.75, 3.05) is 13.1 Å². The van der Waals surface area contributed by atoms with Crippen molar-refractivity contribution in [3.05, 3.63) is 81.6 Å². The van der Waals surface area contributed by atoms with Crippen LogP contribution in [0.5, 0.6) is 0 Å². The first kappa shape index (κ1) is 19.0. The van der Waals surface area contributed by atoms with Crippen LogP contribution in [0.15, 0.2) is 54.7 Å². The predicted molar refractivity (Wildman–Crippen MR) is 110 cm³/mol. The zero-order valence-electron chi connectivity index (χ0n) is 13.8. The van der Waals surface area contributed by atoms with Crippen molar-refractivity contribution in [3.63, 3.8) is 0 Å². The molecule has 0 radical (unpaired) electrons. The largest absolute Gasteiger partial charge is 0.313 e. The van der Waals surface area contributed by atoms with Crippen molar-refractivity contribution in [2.45, 2.75) is 6.42 Å². The van der Waals surface area contributed by atoms with Gasteiger partial charge in [0.1, 0.15) is 0 Å². The number of carbonyl (C=O) groups excluding carboxylic acids is 1. The lowest BCUT2D eigenvalue weighted by atomic mass is 10.0. The molecule has 0 atom stereocenters. The third-order valence-electron chi connectivity index (χ3n) is 4.51. The molecule has 0 fully saturated rings. The SMILES string of the molecule is Cl.O=C(c1c(Cl)cccc1Cl)c1cc(C2=CCNCC2)c2ccccn12. The van der Waals surface area contributed by atoms with Gasteiger partial charge in [-0.05, 0) is 48.9 Å². The molecule has 4 rings (SSSR count). The second kappa shape index (κ2) is 7.85. The maximum atomic E-state index is 13.2. The van der Waals surface area contributed by atoms with Gasteiger partial charge in [-0.15, -0.1) is 12.4 Å². The summed E-state index contributed by atoms with van der Waals surface area (Å²) in [6.45, 7) is 1.79. The van der Waals surface area contributed by atoms with E-state index < -0.39 is 0 Å². The van der Waals surface area contributed by atoms with Gasteiger partial charge in [0.25, 0.3) is 0 Å². The second-order valence-corrected chi connectivity index (χ2v) is 6.82. The zero-order chi connectivity index (χ0) is 17.4. The summed E-state index contributed by atoms with van der Waals surface area (Å²) in [6, 6.07) is 13.0. The van der Waals surface area contributed by atoms with Crippen molar-refractivity contribution in [1.82, 2.24) is 9.72 Å². The van der Waals surface area contributed by atoms with Gasteiger partial charge in [0, 0.05) is 18.3 Å². The molecule has 0 saturated carbocycles. The molecule has 0 aliphatic carbocycles. The Morgan fingerprint density at radius 1 is 1.08 bits per heavy atom. The molecule has 0 bridgehead atoms. The van der Waals surface area contributed by atoms with Crippen molar-refractivity contribution < 1.29 is 4.79 Å². The van der Waals surface area contributed by atoms with Crippen LogP contribution in [0.2, 0.25) is 10.0 Å². The second-order valence-electron chi connectivity index (χ2n) is 6.01. The van der Waals surface area contributed by atoms with E-state index in [9.17, 15) is 4.79 Å². The van der Waals surface area contributed by atoms with Crippen LogP contribution in [-0.4, -0.2) is 23.3 Å². The van der Waals surface area contributed by atoms with E-state index in [4.69, 9.17) is 23.2 Å². The van der Waals surface area contributed by atoms with E-state index in [0.717, 1.165) is 30.6 Å². The number of rotatable bonds is 3. The Bertz CT molecular complexity index is 987. The first-order valence-electron chi connectivity index (χ1n) is 8.16. The molecule has 1 aliphatic rings. The minimum absolute atomic E-state index is 0. The smallest absolute Gasteiger partial charge is 0.212 e. The average Bonchev–Trinajstić information content (AvgIpc) is 3.02. The highest BCUT2D eigenvalue weighted by atomic mass is 35.5. The number of hydrogen-bond acceptors (Lipinski definition) is 2. The number of nitrogens with one attached hydrogen (secondary N) is 1. The summed E-state index contributed by atoms with van der Waals surface area (Å²) in [5.41, 5.74) is 4.28. The summed E-state index contributed by atoms with van der Waals surface area (Å²) in [5, 5.41) is 4.05. The first-order chi connectivity index (χ1) is 12.2. The van der Waals surface area contributed by atoms with E-state index in [1.54, 1.807) is 18.2 Å². The molecule has 0 amide bonds. The summed E-state index contributed by atoms with van der Waals surface area (Å²) in [6.07, 6.45) is 5.02. The molecule has 6 heteroatoms. The van der Waals surface area contributed by atoms with Crippen LogP contribution in [0.1, 0.15) is 28.0 Å². The molecule has 3 heterocycles. The van der Waals surface area contributed by atoms with Gasteiger partial charge < -0.3 is 9.72 Å². The fourth-order valence-corrected chi connectivity index (χ4v) is 3.86. The lowest BCUT2D eigenvalue weighted by molar-refractivity contribution is 0.103. The highest BCUT2D eigenvalue weighted by molar-refractivity contribution is 6.41. The van der Waals surface area contributed by atoms with Crippen LogP contribution in [0.4, 0.5) is 0 Å². The summed E-state index contributed by atoms with van der Waals surface area (Å²) in [5.74, 6) is -0.169. The van der Waals surface area contributed by atoms with Gasteiger partial charge in [0.2, 0.25) is 5.78 Å². The average molecular weight is 408 g/mol. The number of halogens is 3. The Morgan fingerprint density at radius 2 is 1.85 bits per heavy atom. The summed E-state index contributed by atoms with van der Waals surface area (Å²) >= 11 is 12.5. The van der Waals surface area contributed by atoms with E-state index in [2.05, 4.69) is 11.4 Å². The summed E-state index contributed by atoms with van der Waals surface area (Å²) in [4.78, 5) is 13.2. The zero-order valence-corrected chi connectivity index (χ0v) is 16.2. The highest BCUT2D eigenvalue weighted by Gasteiger charge is 2.22. The van der Waals surface area contributed by atoms with Crippen LogP contribution < -0.4 is 5.32 Å². The molecule has 1 aliphatic heterocycles. The molecule has 26 heavy (non-hydrogen) atoms. The fourth-order valence-electron chi connectivity index (χ4n) is 3.30. The normalized spacial score (nSPS) is 14.0. The topological polar surface area (TPSA) is 33.5 Å². The molecule has 1 aromatic carbocycles. The number of benzene rings is 1. The molecular weight excluding hydrogens is 391 g/mol. The molecule has 1 N–H and O–H groups in total. The van der Waals surface area contributed by atoms with Crippen LogP contribution in [0, 0.1) is 0 Å². The van der Waals surface area contributed by atoms with E-state index in [0.29, 0.717) is 21.3 Å². The number of fused-ring (bicyclic) bond motifs is 1. The lowest BCUT2D eigenvalue weighted by Crippen LogP contribution is -2.19. The highest BCUT2D eigenvalue weighted by Crippen LogP contribution is 2.31. The number of carbonyl (C=O) groups is 1. The first-order valence-corrected chi connectivity index (χ1v) is 8.91. The molecule has 2 aromatic heterocycles. The minimum Gasteiger partial charge on any atom is -0.313 e. The van der Waals surface area contributed by atoms with Crippen LogP contribution in [0.3, 0.4) is 0 Å². The van der Waals surface area contributed by atoms with Crippen LogP contribution >= 0.6 is 35.6 Å². The number of aromatic nitrogens is 1. The number of ketones is 1. The maximum Gasteiger partial charge on any atom is 0.212 e. The fraction of sp³-hybridized carbons (Fsp3) is 0.150. The van der Waals surface area contributed by atoms with E-state index in [1.807, 2.05) is 34.9 Å². The van der Waals surface area contributed by atoms with Crippen LogP contribution in [-0.2, 0) is 0 Å². The van der Waals surface area contributed by atoms with Gasteiger partial charge in [-0.3, -0.25) is 4.79 Å². The Labute approximate surface area is 168 Å². The predicted octanol–water partition coefficient (Wildman–Crippen LogP) is 5.28. The number of hydrogen-bond donors (Lipinski definition) is 1. The van der Waals surface area contributed by atoms with Crippen molar-refractivity contribution in [3.8, 4) is 0 Å². The Kier molecular flexibility index (Phi) is 5.73. The monoisotopic (exact) mass is 406 g/mol. The third kappa shape index (κ3) is 3.28. The van der Waals surface area contributed by atoms with Gasteiger partial charge in [0.05, 0.1) is 26.8 Å². The van der Waals surface area contributed by atoms with Gasteiger partial charge in [-0.25, -0.2) is 0 Å². The molecular formula is C20H17Cl3N2O. The van der Waals surface area contributed by atoms with Gasteiger partial charge in [-0.2, -0.15) is 0 Å². The summed E-state index contributed by atoms with van der Waals surface area (Å²) in [7, 11) is 0. The quantitative estimate of drug-likeness (QED) is 0.600. The molecule has 3 aromatic rings. The lowest BCUT2D eigenvalue weighted by Gasteiger charge is -2.13. The van der Waals surface area contributed by atoms with E-state index >= 15 is 0 Å². The number of nitrogens with zero attached hydrogens (tertiary/aromatic N) is 1. The third-order valence-corrected chi connectivity index (χ3v) is 5.14. The number of pyridine rings is 1. The van der Waals surface area contributed by atoms with Gasteiger partial charge in [0.15, 0.2) is 0 Å².